The van der Waals surface area contributed by atoms with E-state index in [1.165, 1.54) is 50.7 Å². The first-order valence-electron chi connectivity index (χ1n) is 5.31. The Morgan fingerprint density at radius 1 is 0.917 bits per heavy atom. The van der Waals surface area contributed by atoms with E-state index in [1.807, 2.05) is 11.8 Å². The zero-order chi connectivity index (χ0) is 9.07. The summed E-state index contributed by atoms with van der Waals surface area (Å²) in [6.07, 6.45) is 9.98. The monoisotopic (exact) mass is 187 g/mol. The maximum Gasteiger partial charge on any atom is 0.0135 e. The van der Waals surface area contributed by atoms with Crippen LogP contribution in [0.25, 0.3) is 0 Å². The third-order valence-electron chi connectivity index (χ3n) is 2.03. The van der Waals surface area contributed by atoms with Crippen LogP contribution in [0.2, 0.25) is 0 Å². The minimum absolute atomic E-state index is 1.32. The quantitative estimate of drug-likeness (QED) is 0.473. The van der Waals surface area contributed by atoms with Crippen molar-refractivity contribution in [1.82, 2.24) is 0 Å². The van der Waals surface area contributed by atoms with Crippen LogP contribution in [-0.4, -0.2) is 5.75 Å². The van der Waals surface area contributed by atoms with Crippen molar-refractivity contribution < 1.29 is 0 Å². The fraction of sp³-hybridized carbons (Fsp3) is 0.909. The van der Waals surface area contributed by atoms with Gasteiger partial charge in [0.05, 0.1) is 0 Å². The summed E-state index contributed by atoms with van der Waals surface area (Å²) in [7, 11) is 0. The molecule has 0 bridgehead atoms. The molecule has 0 rings (SSSR count). The van der Waals surface area contributed by atoms with Gasteiger partial charge in [0.2, 0.25) is 0 Å². The summed E-state index contributed by atoms with van der Waals surface area (Å²) in [6.45, 7) is 4.39. The number of hydrogen-bond acceptors (Lipinski definition) is 1. The third kappa shape index (κ3) is 10.3. The number of hydrogen-bond donors (Lipinski definition) is 0. The van der Waals surface area contributed by atoms with Crippen molar-refractivity contribution >= 4 is 11.8 Å². The molecule has 0 unspecified atom stereocenters. The Morgan fingerprint density at radius 2 is 1.50 bits per heavy atom. The Hall–Kier alpha value is 0.350. The lowest BCUT2D eigenvalue weighted by Crippen LogP contribution is -1.81. The van der Waals surface area contributed by atoms with E-state index in [4.69, 9.17) is 0 Å². The maximum absolute atomic E-state index is 2.27. The van der Waals surface area contributed by atoms with Gasteiger partial charge in [-0.25, -0.2) is 0 Å². The molecular formula is C11H23S. The lowest BCUT2D eigenvalue weighted by atomic mass is 10.1. The van der Waals surface area contributed by atoms with E-state index in [1.54, 1.807) is 0 Å². The summed E-state index contributed by atoms with van der Waals surface area (Å²) < 4.78 is 0. The van der Waals surface area contributed by atoms with Crippen LogP contribution in [-0.2, 0) is 0 Å². The Labute approximate surface area is 82.5 Å². The van der Waals surface area contributed by atoms with E-state index >= 15 is 0 Å². The molecule has 0 atom stereocenters. The van der Waals surface area contributed by atoms with Gasteiger partial charge in [0, 0.05) is 5.75 Å². The van der Waals surface area contributed by atoms with Crippen molar-refractivity contribution in [1.29, 1.82) is 0 Å². The van der Waals surface area contributed by atoms with Gasteiger partial charge in [-0.15, -0.1) is 0 Å². The minimum Gasteiger partial charge on any atom is -0.158 e. The summed E-state index contributed by atoms with van der Waals surface area (Å²) in [5, 5.41) is 0. The largest absolute Gasteiger partial charge is 0.158 e. The van der Waals surface area contributed by atoms with Gasteiger partial charge in [-0.2, -0.15) is 11.8 Å². The first kappa shape index (κ1) is 12.3. The second kappa shape index (κ2) is 11.4. The summed E-state index contributed by atoms with van der Waals surface area (Å²) in [5.41, 5.74) is 0. The van der Waals surface area contributed by atoms with Gasteiger partial charge in [-0.3, -0.25) is 0 Å². The molecule has 0 N–H and O–H groups in total. The highest BCUT2D eigenvalue weighted by atomic mass is 32.2. The number of thioether (sulfide) groups is 1. The predicted molar refractivity (Wildman–Crippen MR) is 60.4 cm³/mol. The Balaban J connectivity index is 2.73. The van der Waals surface area contributed by atoms with Crippen molar-refractivity contribution in [2.24, 2.45) is 0 Å². The van der Waals surface area contributed by atoms with Crippen LogP contribution in [0.15, 0.2) is 0 Å². The third-order valence-corrected chi connectivity index (χ3v) is 2.89. The van der Waals surface area contributed by atoms with Crippen LogP contribution in [0.1, 0.15) is 58.8 Å². The molecule has 73 valence electrons. The van der Waals surface area contributed by atoms with Crippen LogP contribution in [0.4, 0.5) is 0 Å². The summed E-state index contributed by atoms with van der Waals surface area (Å²) in [4.78, 5) is 0. The minimum atomic E-state index is 1.32. The lowest BCUT2D eigenvalue weighted by Gasteiger charge is -1.99. The second-order valence-electron chi connectivity index (χ2n) is 3.23. The smallest absolute Gasteiger partial charge is 0.0135 e. The SMILES string of the molecule is C[CH]SCCCCCCCCC. The average Bonchev–Trinajstić information content (AvgIpc) is 2.10. The Kier molecular flexibility index (Phi) is 11.7. The molecule has 0 amide bonds. The van der Waals surface area contributed by atoms with E-state index < -0.39 is 0 Å². The van der Waals surface area contributed by atoms with Crippen molar-refractivity contribution in [3.8, 4) is 0 Å². The highest BCUT2D eigenvalue weighted by Crippen LogP contribution is 2.11. The molecule has 0 nitrogen and oxygen atoms in total. The molecule has 0 aromatic rings. The zero-order valence-electron chi connectivity index (χ0n) is 8.64. The van der Waals surface area contributed by atoms with E-state index in [9.17, 15) is 0 Å². The molecule has 0 fully saturated rings. The molecule has 0 aliphatic heterocycles. The van der Waals surface area contributed by atoms with Gasteiger partial charge in [0.15, 0.2) is 0 Å². The molecule has 0 aliphatic rings. The topological polar surface area (TPSA) is 0 Å². The fourth-order valence-corrected chi connectivity index (χ4v) is 1.87. The molecule has 0 saturated heterocycles. The van der Waals surface area contributed by atoms with Crippen molar-refractivity contribution in [2.75, 3.05) is 5.75 Å². The first-order chi connectivity index (χ1) is 5.91. The van der Waals surface area contributed by atoms with Gasteiger partial charge in [-0.1, -0.05) is 52.4 Å². The summed E-state index contributed by atoms with van der Waals surface area (Å²) in [6, 6.07) is 0. The molecule has 12 heavy (non-hydrogen) atoms. The lowest BCUT2D eigenvalue weighted by molar-refractivity contribution is 0.604. The summed E-state index contributed by atoms with van der Waals surface area (Å²) in [5.74, 6) is 3.52. The highest BCUT2D eigenvalue weighted by Gasteiger charge is 1.90. The van der Waals surface area contributed by atoms with Gasteiger partial charge in [-0.05, 0) is 12.2 Å². The standard InChI is InChI=1S/C11H23S/c1-3-5-6-7-8-9-10-11-12-4-2/h4H,3,5-11H2,1-2H3. The van der Waals surface area contributed by atoms with E-state index in [2.05, 4.69) is 19.6 Å². The first-order valence-corrected chi connectivity index (χ1v) is 6.36. The summed E-state index contributed by atoms with van der Waals surface area (Å²) >= 11 is 1.95. The Bertz CT molecular complexity index is 61.4. The van der Waals surface area contributed by atoms with Gasteiger partial charge < -0.3 is 0 Å². The van der Waals surface area contributed by atoms with Gasteiger partial charge >= 0.3 is 0 Å². The molecule has 0 aliphatic carbocycles. The van der Waals surface area contributed by atoms with Crippen LogP contribution in [0, 0.1) is 5.75 Å². The highest BCUT2D eigenvalue weighted by molar-refractivity contribution is 8.01. The molecular weight excluding hydrogens is 164 g/mol. The fourth-order valence-electron chi connectivity index (χ4n) is 1.26. The van der Waals surface area contributed by atoms with Crippen LogP contribution in [0.3, 0.4) is 0 Å². The second-order valence-corrected chi connectivity index (χ2v) is 4.44. The van der Waals surface area contributed by atoms with E-state index in [-0.39, 0.29) is 0 Å². The van der Waals surface area contributed by atoms with Gasteiger partial charge in [0.1, 0.15) is 0 Å². The maximum atomic E-state index is 2.27. The molecule has 0 spiro atoms. The average molecular weight is 187 g/mol. The van der Waals surface area contributed by atoms with E-state index in [0.717, 1.165) is 0 Å². The molecule has 0 heterocycles. The zero-order valence-corrected chi connectivity index (χ0v) is 9.46. The molecule has 0 aromatic carbocycles. The van der Waals surface area contributed by atoms with Crippen molar-refractivity contribution in [3.05, 3.63) is 5.75 Å². The predicted octanol–water partition coefficient (Wildman–Crippen LogP) is 4.65. The Morgan fingerprint density at radius 3 is 2.08 bits per heavy atom. The van der Waals surface area contributed by atoms with Crippen LogP contribution >= 0.6 is 11.8 Å². The van der Waals surface area contributed by atoms with Crippen LogP contribution < -0.4 is 0 Å². The van der Waals surface area contributed by atoms with Gasteiger partial charge in [0.25, 0.3) is 0 Å². The van der Waals surface area contributed by atoms with Crippen LogP contribution in [0.5, 0.6) is 0 Å². The van der Waals surface area contributed by atoms with Crippen molar-refractivity contribution in [2.45, 2.75) is 58.8 Å². The number of unbranched alkanes of at least 4 members (excludes halogenated alkanes) is 6. The van der Waals surface area contributed by atoms with E-state index in [0.29, 0.717) is 0 Å². The van der Waals surface area contributed by atoms with Crippen molar-refractivity contribution in [3.63, 3.8) is 0 Å². The molecule has 1 heteroatoms. The normalized spacial score (nSPS) is 10.5. The number of rotatable bonds is 9. The molecule has 1 radical (unpaired) electrons. The molecule has 0 aromatic heterocycles. The molecule has 0 saturated carbocycles.